The molecule has 4 rings (SSSR count). The van der Waals surface area contributed by atoms with Gasteiger partial charge in [0.1, 0.15) is 10.8 Å². The molecule has 0 aliphatic heterocycles. The van der Waals surface area contributed by atoms with E-state index in [1.165, 1.54) is 19.3 Å². The van der Waals surface area contributed by atoms with Crippen LogP contribution in [0.5, 0.6) is 0 Å². The largest absolute Gasteiger partial charge is 0.389 e. The highest BCUT2D eigenvalue weighted by Crippen LogP contribution is 2.66. The quantitative estimate of drug-likeness (QED) is 0.817. The SMILES string of the molecule is NC(=S)c1ccnc(NC2C3C4CCC(C4)C23)c1. The molecule has 1 heterocycles. The van der Waals surface area contributed by atoms with E-state index >= 15 is 0 Å². The maximum absolute atomic E-state index is 5.65. The second-order valence-electron chi connectivity index (χ2n) is 5.95. The number of hydrogen-bond donors (Lipinski definition) is 2. The van der Waals surface area contributed by atoms with Gasteiger partial charge in [0.2, 0.25) is 0 Å². The summed E-state index contributed by atoms with van der Waals surface area (Å²) >= 11 is 5.00. The van der Waals surface area contributed by atoms with Crippen LogP contribution in [0.1, 0.15) is 24.8 Å². The van der Waals surface area contributed by atoms with Gasteiger partial charge in [-0.2, -0.15) is 0 Å². The standard InChI is InChI=1S/C14H17N3S/c15-14(18)9-3-4-16-10(6-9)17-13-11-7-1-2-8(5-7)12(11)13/h3-4,6-8,11-13H,1-2,5H2,(H2,15,18)(H,16,17). The van der Waals surface area contributed by atoms with Crippen molar-refractivity contribution in [3.63, 3.8) is 0 Å². The lowest BCUT2D eigenvalue weighted by molar-refractivity contribution is 0.456. The molecule has 3 fully saturated rings. The molecule has 0 spiro atoms. The molecule has 3 saturated carbocycles. The number of rotatable bonds is 3. The number of nitrogens with zero attached hydrogens (tertiary/aromatic N) is 1. The Morgan fingerprint density at radius 3 is 2.72 bits per heavy atom. The first-order valence-electron chi connectivity index (χ1n) is 6.76. The Bertz CT molecular complexity index is 500. The number of anilines is 1. The molecule has 2 bridgehead atoms. The van der Waals surface area contributed by atoms with E-state index in [2.05, 4.69) is 10.3 Å². The topological polar surface area (TPSA) is 50.9 Å². The second-order valence-corrected chi connectivity index (χ2v) is 6.39. The zero-order valence-corrected chi connectivity index (χ0v) is 11.0. The van der Waals surface area contributed by atoms with E-state index in [0.29, 0.717) is 11.0 Å². The van der Waals surface area contributed by atoms with Crippen LogP contribution in [0.15, 0.2) is 18.3 Å². The van der Waals surface area contributed by atoms with E-state index in [4.69, 9.17) is 18.0 Å². The zero-order valence-electron chi connectivity index (χ0n) is 10.2. The van der Waals surface area contributed by atoms with Crippen molar-refractivity contribution in [2.45, 2.75) is 25.3 Å². The number of hydrogen-bond acceptors (Lipinski definition) is 3. The molecule has 94 valence electrons. The summed E-state index contributed by atoms with van der Waals surface area (Å²) in [6.07, 6.45) is 6.16. The van der Waals surface area contributed by atoms with Crippen LogP contribution in [0.4, 0.5) is 5.82 Å². The van der Waals surface area contributed by atoms with Crippen molar-refractivity contribution in [1.29, 1.82) is 0 Å². The van der Waals surface area contributed by atoms with Crippen LogP contribution < -0.4 is 11.1 Å². The van der Waals surface area contributed by atoms with Crippen molar-refractivity contribution in [3.8, 4) is 0 Å². The fourth-order valence-electron chi connectivity index (χ4n) is 4.35. The first-order valence-corrected chi connectivity index (χ1v) is 7.17. The highest BCUT2D eigenvalue weighted by Gasteiger charge is 2.65. The van der Waals surface area contributed by atoms with Gasteiger partial charge in [-0.25, -0.2) is 4.98 Å². The third-order valence-electron chi connectivity index (χ3n) is 5.09. The molecule has 4 unspecified atom stereocenters. The monoisotopic (exact) mass is 259 g/mol. The van der Waals surface area contributed by atoms with Gasteiger partial charge in [0, 0.05) is 17.8 Å². The second kappa shape index (κ2) is 3.67. The maximum atomic E-state index is 5.65. The summed E-state index contributed by atoms with van der Waals surface area (Å²) in [4.78, 5) is 4.81. The highest BCUT2D eigenvalue weighted by molar-refractivity contribution is 7.80. The summed E-state index contributed by atoms with van der Waals surface area (Å²) < 4.78 is 0. The van der Waals surface area contributed by atoms with E-state index in [1.54, 1.807) is 6.20 Å². The minimum atomic E-state index is 0.441. The van der Waals surface area contributed by atoms with Gasteiger partial charge in [0.05, 0.1) is 0 Å². The minimum Gasteiger partial charge on any atom is -0.389 e. The number of thiocarbonyl (C=S) groups is 1. The molecule has 4 heteroatoms. The van der Waals surface area contributed by atoms with E-state index in [0.717, 1.165) is 35.1 Å². The predicted octanol–water partition coefficient (Wildman–Crippen LogP) is 2.17. The van der Waals surface area contributed by atoms with Crippen LogP contribution in [-0.4, -0.2) is 16.0 Å². The average molecular weight is 259 g/mol. The minimum absolute atomic E-state index is 0.441. The molecule has 0 amide bonds. The molecule has 18 heavy (non-hydrogen) atoms. The summed E-state index contributed by atoms with van der Waals surface area (Å²) in [7, 11) is 0. The van der Waals surface area contributed by atoms with Crippen molar-refractivity contribution in [3.05, 3.63) is 23.9 Å². The smallest absolute Gasteiger partial charge is 0.126 e. The van der Waals surface area contributed by atoms with Crippen LogP contribution in [0, 0.1) is 23.7 Å². The molecule has 1 aromatic rings. The number of nitrogens with two attached hydrogens (primary N) is 1. The van der Waals surface area contributed by atoms with Gasteiger partial charge in [-0.1, -0.05) is 12.2 Å². The van der Waals surface area contributed by atoms with Gasteiger partial charge in [-0.05, 0) is 55.1 Å². The van der Waals surface area contributed by atoms with Gasteiger partial charge in [0.15, 0.2) is 0 Å². The summed E-state index contributed by atoms with van der Waals surface area (Å²) in [6, 6.07) is 4.49. The predicted molar refractivity (Wildman–Crippen MR) is 75.3 cm³/mol. The van der Waals surface area contributed by atoms with Crippen LogP contribution in [-0.2, 0) is 0 Å². The average Bonchev–Trinajstić information content (AvgIpc) is 2.77. The molecule has 1 aromatic heterocycles. The van der Waals surface area contributed by atoms with E-state index < -0.39 is 0 Å². The lowest BCUT2D eigenvalue weighted by Crippen LogP contribution is -2.15. The van der Waals surface area contributed by atoms with Crippen molar-refractivity contribution >= 4 is 23.0 Å². The lowest BCUT2D eigenvalue weighted by Gasteiger charge is -2.11. The van der Waals surface area contributed by atoms with Crippen molar-refractivity contribution in [2.75, 3.05) is 5.32 Å². The first kappa shape index (κ1) is 10.7. The normalized spacial score (nSPS) is 39.4. The number of nitrogens with one attached hydrogen (secondary N) is 1. The van der Waals surface area contributed by atoms with Crippen molar-refractivity contribution in [1.82, 2.24) is 4.98 Å². The summed E-state index contributed by atoms with van der Waals surface area (Å²) in [5, 5.41) is 3.59. The van der Waals surface area contributed by atoms with Gasteiger partial charge < -0.3 is 11.1 Å². The van der Waals surface area contributed by atoms with E-state index in [1.807, 2.05) is 12.1 Å². The Morgan fingerprint density at radius 2 is 2.06 bits per heavy atom. The molecule has 0 aromatic carbocycles. The molecular formula is C14H17N3S. The lowest BCUT2D eigenvalue weighted by atomic mass is 10.0. The van der Waals surface area contributed by atoms with Crippen LogP contribution in [0.25, 0.3) is 0 Å². The maximum Gasteiger partial charge on any atom is 0.126 e. The van der Waals surface area contributed by atoms with Crippen LogP contribution in [0.3, 0.4) is 0 Å². The van der Waals surface area contributed by atoms with Crippen LogP contribution >= 0.6 is 12.2 Å². The van der Waals surface area contributed by atoms with E-state index in [9.17, 15) is 0 Å². The van der Waals surface area contributed by atoms with E-state index in [-0.39, 0.29) is 0 Å². The molecule has 3 nitrogen and oxygen atoms in total. The van der Waals surface area contributed by atoms with Gasteiger partial charge in [0.25, 0.3) is 0 Å². The summed E-state index contributed by atoms with van der Waals surface area (Å²) in [5.41, 5.74) is 6.55. The Morgan fingerprint density at radius 1 is 1.33 bits per heavy atom. The van der Waals surface area contributed by atoms with Crippen molar-refractivity contribution in [2.24, 2.45) is 29.4 Å². The first-order chi connectivity index (χ1) is 8.74. The molecule has 3 aliphatic carbocycles. The Kier molecular flexibility index (Phi) is 2.19. The Hall–Kier alpha value is -1.16. The molecule has 3 aliphatic rings. The third kappa shape index (κ3) is 1.48. The summed E-state index contributed by atoms with van der Waals surface area (Å²) in [5.74, 6) is 4.73. The zero-order chi connectivity index (χ0) is 12.3. The van der Waals surface area contributed by atoms with Gasteiger partial charge >= 0.3 is 0 Å². The van der Waals surface area contributed by atoms with Gasteiger partial charge in [-0.15, -0.1) is 0 Å². The third-order valence-corrected chi connectivity index (χ3v) is 5.33. The Labute approximate surface area is 112 Å². The number of fused-ring (bicyclic) bond motifs is 5. The highest BCUT2D eigenvalue weighted by atomic mass is 32.1. The molecule has 4 atom stereocenters. The van der Waals surface area contributed by atoms with Crippen LogP contribution in [0.2, 0.25) is 0 Å². The molecule has 3 N–H and O–H groups in total. The molecule has 0 radical (unpaired) electrons. The molecule has 0 saturated heterocycles. The number of aromatic nitrogens is 1. The Balaban J connectivity index is 1.50. The van der Waals surface area contributed by atoms with Gasteiger partial charge in [-0.3, -0.25) is 0 Å². The fourth-order valence-corrected chi connectivity index (χ4v) is 4.48. The molecular weight excluding hydrogens is 242 g/mol. The fraction of sp³-hybridized carbons (Fsp3) is 0.571. The van der Waals surface area contributed by atoms with Crippen molar-refractivity contribution < 1.29 is 0 Å². The number of pyridine rings is 1. The summed E-state index contributed by atoms with van der Waals surface area (Å²) in [6.45, 7) is 0.